The van der Waals surface area contributed by atoms with E-state index in [4.69, 9.17) is 9.47 Å². The van der Waals surface area contributed by atoms with Crippen LogP contribution in [0.1, 0.15) is 25.7 Å². The maximum absolute atomic E-state index is 12.8. The summed E-state index contributed by atoms with van der Waals surface area (Å²) in [5.74, 6) is 0.425. The van der Waals surface area contributed by atoms with Crippen LogP contribution in [0.15, 0.2) is 24.3 Å². The van der Waals surface area contributed by atoms with E-state index in [0.717, 1.165) is 58.6 Å². The summed E-state index contributed by atoms with van der Waals surface area (Å²) >= 11 is 0. The lowest BCUT2D eigenvalue weighted by atomic mass is 10.2. The molecule has 0 unspecified atom stereocenters. The van der Waals surface area contributed by atoms with E-state index in [1.807, 2.05) is 4.90 Å². The molecule has 3 rings (SSSR count). The molecule has 138 valence electrons. The third-order valence-electron chi connectivity index (χ3n) is 4.83. The number of carbonyl (C=O) groups is 1. The van der Waals surface area contributed by atoms with E-state index >= 15 is 0 Å². The van der Waals surface area contributed by atoms with Crippen molar-refractivity contribution in [3.8, 4) is 5.75 Å². The van der Waals surface area contributed by atoms with Gasteiger partial charge in [-0.2, -0.15) is 0 Å². The Balaban J connectivity index is 1.37. The first-order chi connectivity index (χ1) is 12.2. The molecule has 1 aromatic rings. The van der Waals surface area contributed by atoms with Gasteiger partial charge in [-0.15, -0.1) is 0 Å². The number of nitrogens with zero attached hydrogens (tertiary/aromatic N) is 2. The maximum atomic E-state index is 12.8. The molecule has 0 aromatic heterocycles. The number of benzene rings is 1. The monoisotopic (exact) mass is 350 g/mol. The first-order valence-corrected chi connectivity index (χ1v) is 9.21. The van der Waals surface area contributed by atoms with E-state index in [9.17, 15) is 9.18 Å². The zero-order valence-electron chi connectivity index (χ0n) is 14.7. The summed E-state index contributed by atoms with van der Waals surface area (Å²) in [5.41, 5.74) is 0. The molecule has 5 nitrogen and oxygen atoms in total. The standard InChI is InChI=1S/C19H27FN2O3/c20-16-4-6-17(7-5-16)25-14-8-19(23)22-10-2-9-21(11-12-22)15-18-3-1-13-24-18/h4-7,18H,1-3,8-15H2/t18-/m0/s1. The van der Waals surface area contributed by atoms with Gasteiger partial charge in [0.15, 0.2) is 0 Å². The molecule has 0 aliphatic carbocycles. The minimum Gasteiger partial charge on any atom is -0.493 e. The minimum atomic E-state index is -0.291. The Labute approximate surface area is 148 Å². The molecule has 0 N–H and O–H groups in total. The molecule has 2 fully saturated rings. The highest BCUT2D eigenvalue weighted by atomic mass is 19.1. The van der Waals surface area contributed by atoms with Gasteiger partial charge < -0.3 is 14.4 Å². The first kappa shape index (κ1) is 18.1. The predicted octanol–water partition coefficient (Wildman–Crippen LogP) is 2.31. The summed E-state index contributed by atoms with van der Waals surface area (Å²) in [4.78, 5) is 16.7. The SMILES string of the molecule is O=C(CCOc1ccc(F)cc1)N1CCCN(C[C@@H]2CCCO2)CC1. The van der Waals surface area contributed by atoms with Crippen LogP contribution >= 0.6 is 0 Å². The summed E-state index contributed by atoms with van der Waals surface area (Å²) in [6, 6.07) is 5.87. The quantitative estimate of drug-likeness (QED) is 0.790. The van der Waals surface area contributed by atoms with Crippen LogP contribution in [0.4, 0.5) is 4.39 Å². The van der Waals surface area contributed by atoms with Crippen molar-refractivity contribution in [3.05, 3.63) is 30.1 Å². The van der Waals surface area contributed by atoms with Crippen molar-refractivity contribution in [1.82, 2.24) is 9.80 Å². The molecule has 0 radical (unpaired) electrons. The van der Waals surface area contributed by atoms with E-state index in [1.165, 1.54) is 12.1 Å². The second kappa shape index (κ2) is 9.15. The Bertz CT molecular complexity index is 546. The Morgan fingerprint density at radius 2 is 2.00 bits per heavy atom. The molecule has 2 saturated heterocycles. The van der Waals surface area contributed by atoms with Gasteiger partial charge in [-0.25, -0.2) is 4.39 Å². The van der Waals surface area contributed by atoms with Crippen LogP contribution in [0.2, 0.25) is 0 Å². The highest BCUT2D eigenvalue weighted by molar-refractivity contribution is 5.76. The van der Waals surface area contributed by atoms with Gasteiger partial charge in [0.05, 0.1) is 19.1 Å². The van der Waals surface area contributed by atoms with E-state index in [-0.39, 0.29) is 11.7 Å². The van der Waals surface area contributed by atoms with Crippen LogP contribution in [-0.2, 0) is 9.53 Å². The van der Waals surface area contributed by atoms with Crippen molar-refractivity contribution < 1.29 is 18.7 Å². The van der Waals surface area contributed by atoms with Gasteiger partial charge in [-0.05, 0) is 50.1 Å². The number of rotatable bonds is 6. The molecule has 0 bridgehead atoms. The van der Waals surface area contributed by atoms with Gasteiger partial charge in [0.1, 0.15) is 11.6 Å². The lowest BCUT2D eigenvalue weighted by molar-refractivity contribution is -0.131. The molecule has 6 heteroatoms. The fourth-order valence-electron chi connectivity index (χ4n) is 3.42. The van der Waals surface area contributed by atoms with E-state index < -0.39 is 0 Å². The molecule has 2 heterocycles. The van der Waals surface area contributed by atoms with Crippen molar-refractivity contribution in [1.29, 1.82) is 0 Å². The van der Waals surface area contributed by atoms with Crippen molar-refractivity contribution in [3.63, 3.8) is 0 Å². The Kier molecular flexibility index (Phi) is 6.64. The zero-order chi connectivity index (χ0) is 17.5. The van der Waals surface area contributed by atoms with Gasteiger partial charge in [-0.1, -0.05) is 0 Å². The molecule has 0 spiro atoms. The lowest BCUT2D eigenvalue weighted by Crippen LogP contribution is -2.37. The number of amides is 1. The smallest absolute Gasteiger partial charge is 0.226 e. The average Bonchev–Trinajstić information content (AvgIpc) is 3.01. The van der Waals surface area contributed by atoms with Crippen LogP contribution in [0.5, 0.6) is 5.75 Å². The zero-order valence-corrected chi connectivity index (χ0v) is 14.7. The molecule has 1 aromatic carbocycles. The Morgan fingerprint density at radius 1 is 1.16 bits per heavy atom. The molecular weight excluding hydrogens is 323 g/mol. The van der Waals surface area contributed by atoms with Gasteiger partial charge in [-0.3, -0.25) is 9.69 Å². The van der Waals surface area contributed by atoms with Gasteiger partial charge in [0.2, 0.25) is 5.91 Å². The Morgan fingerprint density at radius 3 is 2.76 bits per heavy atom. The van der Waals surface area contributed by atoms with Crippen LogP contribution in [0.3, 0.4) is 0 Å². The van der Waals surface area contributed by atoms with Gasteiger partial charge in [0.25, 0.3) is 0 Å². The number of carbonyl (C=O) groups excluding carboxylic acids is 1. The lowest BCUT2D eigenvalue weighted by Gasteiger charge is -2.24. The fourth-order valence-corrected chi connectivity index (χ4v) is 3.42. The summed E-state index contributed by atoms with van der Waals surface area (Å²) < 4.78 is 24.1. The van der Waals surface area contributed by atoms with E-state index in [0.29, 0.717) is 24.9 Å². The van der Waals surface area contributed by atoms with Crippen molar-refractivity contribution >= 4 is 5.91 Å². The average molecular weight is 350 g/mol. The predicted molar refractivity (Wildman–Crippen MR) is 93.1 cm³/mol. The first-order valence-electron chi connectivity index (χ1n) is 9.21. The summed E-state index contributed by atoms with van der Waals surface area (Å²) in [7, 11) is 0. The number of hydrogen-bond acceptors (Lipinski definition) is 4. The molecule has 0 saturated carbocycles. The second-order valence-corrected chi connectivity index (χ2v) is 6.72. The topological polar surface area (TPSA) is 42.0 Å². The van der Waals surface area contributed by atoms with Gasteiger partial charge >= 0.3 is 0 Å². The fraction of sp³-hybridized carbons (Fsp3) is 0.632. The van der Waals surface area contributed by atoms with Crippen molar-refractivity contribution in [2.24, 2.45) is 0 Å². The third-order valence-corrected chi connectivity index (χ3v) is 4.83. The highest BCUT2D eigenvalue weighted by Gasteiger charge is 2.23. The van der Waals surface area contributed by atoms with Gasteiger partial charge in [0, 0.05) is 32.8 Å². The number of hydrogen-bond donors (Lipinski definition) is 0. The molecule has 1 atom stereocenters. The Hall–Kier alpha value is -1.66. The van der Waals surface area contributed by atoms with E-state index in [2.05, 4.69) is 4.90 Å². The summed E-state index contributed by atoms with van der Waals surface area (Å²) in [6.07, 6.45) is 4.03. The molecule has 2 aliphatic rings. The van der Waals surface area contributed by atoms with Crippen LogP contribution in [0.25, 0.3) is 0 Å². The maximum Gasteiger partial charge on any atom is 0.226 e. The van der Waals surface area contributed by atoms with Crippen LogP contribution < -0.4 is 4.74 Å². The van der Waals surface area contributed by atoms with E-state index in [1.54, 1.807) is 12.1 Å². The third kappa shape index (κ3) is 5.68. The summed E-state index contributed by atoms with van der Waals surface area (Å²) in [6.45, 7) is 5.69. The highest BCUT2D eigenvalue weighted by Crippen LogP contribution is 2.15. The number of ether oxygens (including phenoxy) is 2. The van der Waals surface area contributed by atoms with Crippen molar-refractivity contribution in [2.45, 2.75) is 31.8 Å². The minimum absolute atomic E-state index is 0.126. The van der Waals surface area contributed by atoms with Crippen LogP contribution in [-0.4, -0.2) is 67.7 Å². The number of halogens is 1. The molecular formula is C19H27FN2O3. The largest absolute Gasteiger partial charge is 0.493 e. The van der Waals surface area contributed by atoms with Crippen molar-refractivity contribution in [2.75, 3.05) is 45.9 Å². The molecule has 1 amide bonds. The second-order valence-electron chi connectivity index (χ2n) is 6.72. The van der Waals surface area contributed by atoms with Crippen LogP contribution in [0, 0.1) is 5.82 Å². The summed E-state index contributed by atoms with van der Waals surface area (Å²) in [5, 5.41) is 0. The molecule has 2 aliphatic heterocycles. The normalized spacial score (nSPS) is 22.0. The molecule has 25 heavy (non-hydrogen) atoms.